The van der Waals surface area contributed by atoms with E-state index >= 15 is 0 Å². The van der Waals surface area contributed by atoms with Gasteiger partial charge in [0.05, 0.1) is 11.7 Å². The fourth-order valence-corrected chi connectivity index (χ4v) is 6.01. The molecule has 188 valence electrons. The molecule has 3 heterocycles. The summed E-state index contributed by atoms with van der Waals surface area (Å²) in [6, 6.07) is 11.3. The quantitative estimate of drug-likeness (QED) is 0.607. The Labute approximate surface area is 208 Å². The Hall–Kier alpha value is -2.48. The Morgan fingerprint density at radius 2 is 1.77 bits per heavy atom. The first-order valence-electron chi connectivity index (χ1n) is 13.1. The number of aromatic nitrogens is 1. The summed E-state index contributed by atoms with van der Waals surface area (Å²) in [5, 5.41) is 12.8. The molecule has 0 radical (unpaired) electrons. The van der Waals surface area contributed by atoms with E-state index in [1.54, 1.807) is 6.20 Å². The molecule has 35 heavy (non-hydrogen) atoms. The number of nitrogens with one attached hydrogen (secondary N) is 1. The largest absolute Gasteiger partial charge is 0.393 e. The van der Waals surface area contributed by atoms with Gasteiger partial charge in [-0.2, -0.15) is 0 Å². The molecule has 2 unspecified atom stereocenters. The lowest BCUT2D eigenvalue weighted by molar-refractivity contribution is 0.0411. The monoisotopic (exact) mass is 478 g/mol. The summed E-state index contributed by atoms with van der Waals surface area (Å²) in [5.41, 5.74) is 9.77. The molecule has 4 N–H and O–H groups in total. The molecule has 1 aliphatic carbocycles. The molecule has 2 aliphatic heterocycles. The predicted octanol–water partition coefficient (Wildman–Crippen LogP) is 3.58. The Kier molecular flexibility index (Phi) is 7.37. The van der Waals surface area contributed by atoms with Crippen LogP contribution in [0.25, 0.3) is 11.1 Å². The van der Waals surface area contributed by atoms with Crippen LogP contribution in [-0.4, -0.2) is 65.4 Å². The number of anilines is 1. The van der Waals surface area contributed by atoms with Gasteiger partial charge in [0.1, 0.15) is 5.82 Å². The first-order valence-corrected chi connectivity index (χ1v) is 13.1. The number of aliphatic hydroxyl groups is 1. The van der Waals surface area contributed by atoms with E-state index in [2.05, 4.69) is 46.4 Å². The summed E-state index contributed by atoms with van der Waals surface area (Å²) in [6.07, 6.45) is 6.78. The van der Waals surface area contributed by atoms with Crippen molar-refractivity contribution in [2.24, 2.45) is 5.92 Å². The van der Waals surface area contributed by atoms with Gasteiger partial charge in [0.25, 0.3) is 5.91 Å². The average Bonchev–Trinajstić information content (AvgIpc) is 3.28. The molecule has 1 saturated carbocycles. The van der Waals surface area contributed by atoms with Crippen LogP contribution in [0.4, 0.5) is 5.82 Å². The molecule has 7 heteroatoms. The fraction of sp³-hybridized carbons (Fsp3) is 0.571. The average molecular weight is 479 g/mol. The van der Waals surface area contributed by atoms with Crippen molar-refractivity contribution in [1.82, 2.24) is 15.2 Å². The predicted molar refractivity (Wildman–Crippen MR) is 137 cm³/mol. The number of ether oxygens (including phenoxy) is 1. The van der Waals surface area contributed by atoms with Crippen LogP contribution in [0.3, 0.4) is 0 Å². The van der Waals surface area contributed by atoms with Crippen LogP contribution in [0.1, 0.15) is 67.3 Å². The van der Waals surface area contributed by atoms with Gasteiger partial charge >= 0.3 is 0 Å². The molecule has 3 fully saturated rings. The Bertz CT molecular complexity index is 1010. The first-order chi connectivity index (χ1) is 17.0. The number of carbonyl (C=O) groups is 1. The number of carbonyl (C=O) groups excluding carboxylic acids is 1. The molecular formula is C28H38N4O3. The highest BCUT2D eigenvalue weighted by molar-refractivity contribution is 5.99. The molecule has 5 rings (SSSR count). The zero-order chi connectivity index (χ0) is 24.4. The second kappa shape index (κ2) is 10.6. The molecule has 2 aromatic rings. The molecule has 1 amide bonds. The highest BCUT2D eigenvalue weighted by Gasteiger charge is 2.35. The maximum absolute atomic E-state index is 12.9. The van der Waals surface area contributed by atoms with E-state index in [0.717, 1.165) is 76.0 Å². The van der Waals surface area contributed by atoms with Crippen LogP contribution in [0.2, 0.25) is 0 Å². The van der Waals surface area contributed by atoms with Gasteiger partial charge < -0.3 is 20.9 Å². The van der Waals surface area contributed by atoms with Crippen LogP contribution in [0, 0.1) is 5.92 Å². The minimum absolute atomic E-state index is 0.0716. The standard InChI is InChI=1S/C28H38N4O3/c1-18-16-32(23-10-12-35-13-11-23)17-26(18)20-4-2-19(3-5-20)21-14-25(27(29)30-15-21)28(34)31-22-6-8-24(33)9-7-22/h2-5,14-15,18,22-24,26,33H,6-13,16-17H2,1H3,(H2,29,30)(H,31,34). The molecule has 0 bridgehead atoms. The number of nitrogen functional groups attached to an aromatic ring is 1. The SMILES string of the molecule is CC1CN(C2CCOCC2)CC1c1ccc(-c2cnc(N)c(C(=O)NC3CCC(O)CC3)c2)cc1. The second-order valence-corrected chi connectivity index (χ2v) is 10.6. The summed E-state index contributed by atoms with van der Waals surface area (Å²) in [4.78, 5) is 19.9. The molecule has 2 atom stereocenters. The van der Waals surface area contributed by atoms with E-state index in [1.807, 2.05) is 6.07 Å². The first kappa shape index (κ1) is 24.2. The van der Waals surface area contributed by atoms with Gasteiger partial charge in [-0.25, -0.2) is 4.98 Å². The van der Waals surface area contributed by atoms with Crippen molar-refractivity contribution >= 4 is 11.7 Å². The third kappa shape index (κ3) is 5.52. The number of rotatable bonds is 5. The van der Waals surface area contributed by atoms with E-state index in [0.29, 0.717) is 23.4 Å². The van der Waals surface area contributed by atoms with Crippen LogP contribution >= 0.6 is 0 Å². The summed E-state index contributed by atoms with van der Waals surface area (Å²) >= 11 is 0. The van der Waals surface area contributed by atoms with Crippen molar-refractivity contribution in [3.8, 4) is 11.1 Å². The number of nitrogens with two attached hydrogens (primary N) is 1. The highest BCUT2D eigenvalue weighted by Crippen LogP contribution is 2.36. The topological polar surface area (TPSA) is 101 Å². The number of aliphatic hydroxyl groups excluding tert-OH is 1. The maximum Gasteiger partial charge on any atom is 0.255 e. The maximum atomic E-state index is 12.9. The molecule has 0 spiro atoms. The summed E-state index contributed by atoms with van der Waals surface area (Å²) in [6.45, 7) is 6.39. The lowest BCUT2D eigenvalue weighted by atomic mass is 9.89. The van der Waals surface area contributed by atoms with Crippen molar-refractivity contribution in [3.63, 3.8) is 0 Å². The van der Waals surface area contributed by atoms with E-state index in [9.17, 15) is 9.90 Å². The van der Waals surface area contributed by atoms with Crippen LogP contribution < -0.4 is 11.1 Å². The Morgan fingerprint density at radius 1 is 1.06 bits per heavy atom. The number of pyridine rings is 1. The van der Waals surface area contributed by atoms with Gasteiger partial charge in [-0.3, -0.25) is 9.69 Å². The zero-order valence-electron chi connectivity index (χ0n) is 20.7. The third-order valence-corrected chi connectivity index (χ3v) is 8.22. The Balaban J connectivity index is 1.26. The van der Waals surface area contributed by atoms with Gasteiger partial charge in [0.2, 0.25) is 0 Å². The van der Waals surface area contributed by atoms with E-state index in [4.69, 9.17) is 10.5 Å². The van der Waals surface area contributed by atoms with Crippen LogP contribution in [0.5, 0.6) is 0 Å². The number of benzene rings is 1. The van der Waals surface area contributed by atoms with Crippen molar-refractivity contribution in [2.75, 3.05) is 32.0 Å². The van der Waals surface area contributed by atoms with Crippen molar-refractivity contribution in [2.45, 2.75) is 69.6 Å². The number of hydrogen-bond acceptors (Lipinski definition) is 6. The summed E-state index contributed by atoms with van der Waals surface area (Å²) in [5.74, 6) is 1.21. The number of amides is 1. The molecule has 2 saturated heterocycles. The summed E-state index contributed by atoms with van der Waals surface area (Å²) < 4.78 is 5.55. The minimum Gasteiger partial charge on any atom is -0.393 e. The lowest BCUT2D eigenvalue weighted by Crippen LogP contribution is -2.38. The highest BCUT2D eigenvalue weighted by atomic mass is 16.5. The molecule has 3 aliphatic rings. The smallest absolute Gasteiger partial charge is 0.255 e. The van der Waals surface area contributed by atoms with Crippen molar-refractivity contribution in [3.05, 3.63) is 47.7 Å². The van der Waals surface area contributed by atoms with Gasteiger partial charge in [-0.15, -0.1) is 0 Å². The molecular weight excluding hydrogens is 440 g/mol. The van der Waals surface area contributed by atoms with Crippen molar-refractivity contribution in [1.29, 1.82) is 0 Å². The van der Waals surface area contributed by atoms with Gasteiger partial charge in [-0.05, 0) is 61.6 Å². The number of hydrogen-bond donors (Lipinski definition) is 3. The van der Waals surface area contributed by atoms with Crippen molar-refractivity contribution < 1.29 is 14.6 Å². The van der Waals surface area contributed by atoms with Gasteiger partial charge in [0, 0.05) is 56.1 Å². The van der Waals surface area contributed by atoms with Gasteiger partial charge in [0.15, 0.2) is 0 Å². The normalized spacial score (nSPS) is 28.2. The zero-order valence-corrected chi connectivity index (χ0v) is 20.7. The second-order valence-electron chi connectivity index (χ2n) is 10.6. The third-order valence-electron chi connectivity index (χ3n) is 8.22. The van der Waals surface area contributed by atoms with Crippen LogP contribution in [0.15, 0.2) is 36.5 Å². The van der Waals surface area contributed by atoms with E-state index in [1.165, 1.54) is 5.56 Å². The minimum atomic E-state index is -0.252. The molecule has 7 nitrogen and oxygen atoms in total. The summed E-state index contributed by atoms with van der Waals surface area (Å²) in [7, 11) is 0. The van der Waals surface area contributed by atoms with E-state index in [-0.39, 0.29) is 23.9 Å². The number of nitrogens with zero attached hydrogens (tertiary/aromatic N) is 2. The van der Waals surface area contributed by atoms with Gasteiger partial charge in [-0.1, -0.05) is 31.2 Å². The van der Waals surface area contributed by atoms with Crippen LogP contribution in [-0.2, 0) is 4.74 Å². The molecule has 1 aromatic carbocycles. The Morgan fingerprint density at radius 3 is 2.49 bits per heavy atom. The lowest BCUT2D eigenvalue weighted by Gasteiger charge is -2.31. The van der Waals surface area contributed by atoms with E-state index < -0.39 is 0 Å². The number of likely N-dealkylation sites (tertiary alicyclic amines) is 1. The fourth-order valence-electron chi connectivity index (χ4n) is 6.01. The molecule has 1 aromatic heterocycles.